The molecule has 1 saturated heterocycles. The minimum Gasteiger partial charge on any atom is -0.350 e. The van der Waals surface area contributed by atoms with Gasteiger partial charge in [-0.2, -0.15) is 4.31 Å². The van der Waals surface area contributed by atoms with Crippen LogP contribution in [-0.4, -0.2) is 66.9 Å². The molecule has 0 aromatic heterocycles. The molecule has 3 heterocycles. The van der Waals surface area contributed by atoms with Crippen molar-refractivity contribution < 1.29 is 8.42 Å². The summed E-state index contributed by atoms with van der Waals surface area (Å²) in [5.74, 6) is 1.61. The third kappa shape index (κ3) is 2.92. The number of aliphatic imine (C=N–C) groups is 2. The summed E-state index contributed by atoms with van der Waals surface area (Å²) in [5.41, 5.74) is -0.366. The lowest BCUT2D eigenvalue weighted by Crippen LogP contribution is -2.59. The number of hydrogen-bond acceptors (Lipinski definition) is 6. The van der Waals surface area contributed by atoms with E-state index in [4.69, 9.17) is 0 Å². The zero-order chi connectivity index (χ0) is 18.5. The zero-order valence-electron chi connectivity index (χ0n) is 15.8. The van der Waals surface area contributed by atoms with Crippen LogP contribution in [0.25, 0.3) is 0 Å². The van der Waals surface area contributed by atoms with Gasteiger partial charge in [0.05, 0.1) is 11.7 Å². The van der Waals surface area contributed by atoms with Crippen LogP contribution >= 0.6 is 0 Å². The molecule has 7 nitrogen and oxygen atoms in total. The molecule has 0 radical (unpaired) electrons. The Hall–Kier alpha value is -1.25. The van der Waals surface area contributed by atoms with Crippen LogP contribution in [0.3, 0.4) is 0 Å². The summed E-state index contributed by atoms with van der Waals surface area (Å²) in [6, 6.07) is 0.523. The SMILES string of the molecule is C[C@@H]1CCCN1S(=O)(=O)CC1CC(N(C)C2(C)N=CN=C3NC=CC32)C1. The van der Waals surface area contributed by atoms with Crippen LogP contribution in [0.15, 0.2) is 22.3 Å². The van der Waals surface area contributed by atoms with Crippen molar-refractivity contribution in [3.63, 3.8) is 0 Å². The minimum atomic E-state index is -3.13. The first-order valence-electron chi connectivity index (χ1n) is 9.58. The van der Waals surface area contributed by atoms with Crippen LogP contribution in [0.2, 0.25) is 0 Å². The summed E-state index contributed by atoms with van der Waals surface area (Å²) in [5, 5.41) is 3.19. The van der Waals surface area contributed by atoms with E-state index in [1.54, 1.807) is 10.6 Å². The molecule has 1 saturated carbocycles. The topological polar surface area (TPSA) is 77.4 Å². The summed E-state index contributed by atoms with van der Waals surface area (Å²) < 4.78 is 27.1. The van der Waals surface area contributed by atoms with Gasteiger partial charge in [0.2, 0.25) is 10.0 Å². The van der Waals surface area contributed by atoms with E-state index in [1.807, 2.05) is 13.1 Å². The fraction of sp³-hybridized carbons (Fsp3) is 0.778. The summed E-state index contributed by atoms with van der Waals surface area (Å²) in [7, 11) is -1.03. The van der Waals surface area contributed by atoms with E-state index in [0.29, 0.717) is 18.3 Å². The number of hydrogen-bond donors (Lipinski definition) is 1. The molecule has 4 rings (SSSR count). The number of nitrogens with zero attached hydrogens (tertiary/aromatic N) is 4. The monoisotopic (exact) mass is 379 g/mol. The molecule has 2 unspecified atom stereocenters. The fourth-order valence-corrected chi connectivity index (χ4v) is 6.92. The van der Waals surface area contributed by atoms with Crippen LogP contribution < -0.4 is 5.32 Å². The Bertz CT molecular complexity index is 756. The van der Waals surface area contributed by atoms with Gasteiger partial charge in [-0.25, -0.2) is 13.4 Å². The van der Waals surface area contributed by atoms with Gasteiger partial charge in [-0.05, 0) is 58.7 Å². The van der Waals surface area contributed by atoms with Crippen molar-refractivity contribution in [2.45, 2.75) is 57.3 Å². The Labute approximate surface area is 156 Å². The highest BCUT2D eigenvalue weighted by Crippen LogP contribution is 2.40. The van der Waals surface area contributed by atoms with Gasteiger partial charge < -0.3 is 5.32 Å². The highest BCUT2D eigenvalue weighted by molar-refractivity contribution is 7.89. The van der Waals surface area contributed by atoms with Crippen LogP contribution in [0, 0.1) is 11.8 Å². The second kappa shape index (κ2) is 6.42. The van der Waals surface area contributed by atoms with Crippen molar-refractivity contribution in [3.05, 3.63) is 12.3 Å². The molecule has 8 heteroatoms. The first-order chi connectivity index (χ1) is 12.3. The molecule has 0 amide bonds. The van der Waals surface area contributed by atoms with Crippen molar-refractivity contribution in [2.24, 2.45) is 21.8 Å². The Morgan fingerprint density at radius 2 is 2.19 bits per heavy atom. The Balaban J connectivity index is 1.37. The molecule has 1 aliphatic carbocycles. The van der Waals surface area contributed by atoms with Gasteiger partial charge in [0.25, 0.3) is 0 Å². The second-order valence-electron chi connectivity index (χ2n) is 8.32. The van der Waals surface area contributed by atoms with Crippen LogP contribution in [0.4, 0.5) is 0 Å². The smallest absolute Gasteiger partial charge is 0.214 e. The first-order valence-corrected chi connectivity index (χ1v) is 11.2. The van der Waals surface area contributed by atoms with E-state index < -0.39 is 10.0 Å². The van der Waals surface area contributed by atoms with Gasteiger partial charge >= 0.3 is 0 Å². The quantitative estimate of drug-likeness (QED) is 0.783. The number of nitrogens with one attached hydrogen (secondary N) is 1. The van der Waals surface area contributed by atoms with Gasteiger partial charge in [0.15, 0.2) is 0 Å². The van der Waals surface area contributed by atoms with E-state index in [0.717, 1.165) is 31.5 Å². The summed E-state index contributed by atoms with van der Waals surface area (Å²) >= 11 is 0. The highest BCUT2D eigenvalue weighted by atomic mass is 32.2. The average molecular weight is 380 g/mol. The van der Waals surface area contributed by atoms with Gasteiger partial charge in [-0.1, -0.05) is 6.08 Å². The number of sulfonamides is 1. The third-order valence-corrected chi connectivity index (χ3v) is 8.84. The van der Waals surface area contributed by atoms with Crippen molar-refractivity contribution in [2.75, 3.05) is 19.3 Å². The zero-order valence-corrected chi connectivity index (χ0v) is 16.6. The average Bonchev–Trinajstić information content (AvgIpc) is 3.19. The molecule has 144 valence electrons. The predicted molar refractivity (Wildman–Crippen MR) is 104 cm³/mol. The molecular weight excluding hydrogens is 350 g/mol. The van der Waals surface area contributed by atoms with Crippen LogP contribution in [-0.2, 0) is 10.0 Å². The Kier molecular flexibility index (Phi) is 4.48. The summed E-state index contributed by atoms with van der Waals surface area (Å²) in [6.07, 6.45) is 9.48. The van der Waals surface area contributed by atoms with E-state index >= 15 is 0 Å². The van der Waals surface area contributed by atoms with Crippen molar-refractivity contribution in [3.8, 4) is 0 Å². The lowest BCUT2D eigenvalue weighted by molar-refractivity contribution is 0.0146. The van der Waals surface area contributed by atoms with E-state index in [9.17, 15) is 8.42 Å². The number of rotatable bonds is 5. The molecular formula is C18H29N5O2S. The van der Waals surface area contributed by atoms with E-state index in [2.05, 4.69) is 40.2 Å². The van der Waals surface area contributed by atoms with Gasteiger partial charge in [-0.15, -0.1) is 0 Å². The molecule has 26 heavy (non-hydrogen) atoms. The first kappa shape index (κ1) is 18.1. The van der Waals surface area contributed by atoms with E-state index in [1.165, 1.54) is 0 Å². The number of fused-ring (bicyclic) bond motifs is 1. The molecule has 3 atom stereocenters. The summed E-state index contributed by atoms with van der Waals surface area (Å²) in [6.45, 7) is 4.84. The lowest BCUT2D eigenvalue weighted by Gasteiger charge is -2.50. The van der Waals surface area contributed by atoms with Crippen molar-refractivity contribution in [1.29, 1.82) is 0 Å². The molecule has 0 bridgehead atoms. The van der Waals surface area contributed by atoms with Gasteiger partial charge in [0, 0.05) is 18.6 Å². The van der Waals surface area contributed by atoms with Gasteiger partial charge in [-0.3, -0.25) is 9.89 Å². The van der Waals surface area contributed by atoms with Crippen LogP contribution in [0.1, 0.15) is 39.5 Å². The second-order valence-corrected chi connectivity index (χ2v) is 10.3. The molecule has 0 aromatic carbocycles. The molecule has 0 aromatic rings. The lowest BCUT2D eigenvalue weighted by atomic mass is 9.78. The number of amidine groups is 1. The highest BCUT2D eigenvalue weighted by Gasteiger charge is 2.48. The molecule has 3 aliphatic heterocycles. The minimum absolute atomic E-state index is 0.130. The Morgan fingerprint density at radius 3 is 2.88 bits per heavy atom. The largest absolute Gasteiger partial charge is 0.350 e. The Morgan fingerprint density at radius 1 is 1.42 bits per heavy atom. The normalized spacial score (nSPS) is 39.6. The third-order valence-electron chi connectivity index (χ3n) is 6.69. The van der Waals surface area contributed by atoms with Crippen molar-refractivity contribution >= 4 is 22.2 Å². The fourth-order valence-electron chi connectivity index (χ4n) is 4.80. The van der Waals surface area contributed by atoms with Crippen molar-refractivity contribution in [1.82, 2.24) is 14.5 Å². The maximum atomic E-state index is 12.7. The standard InChI is InChI=1S/C18H29N5O2S/c1-13-5-4-8-23(13)26(24,25)11-14-9-15(10-14)22(3)18(2)16-6-7-19-17(16)20-12-21-18/h6-7,12-16H,4-5,8-11H2,1-3H3,(H,19,20,21)/t13-,14?,15?,16?,18?/m1/s1. The predicted octanol–water partition coefficient (Wildman–Crippen LogP) is 1.40. The van der Waals surface area contributed by atoms with Crippen LogP contribution in [0.5, 0.6) is 0 Å². The molecule has 0 spiro atoms. The van der Waals surface area contributed by atoms with E-state index in [-0.39, 0.29) is 23.5 Å². The van der Waals surface area contributed by atoms with Gasteiger partial charge in [0.1, 0.15) is 17.8 Å². The summed E-state index contributed by atoms with van der Waals surface area (Å²) in [4.78, 5) is 11.3. The molecule has 1 N–H and O–H groups in total. The maximum absolute atomic E-state index is 12.7. The molecule has 4 aliphatic rings. The molecule has 2 fully saturated rings. The maximum Gasteiger partial charge on any atom is 0.214 e.